The third kappa shape index (κ3) is 4.10. The molecule has 33 heavy (non-hydrogen) atoms. The molecule has 1 saturated heterocycles. The van der Waals surface area contributed by atoms with Crippen molar-refractivity contribution in [3.05, 3.63) is 58.7 Å². The molecular weight excluding hydrogens is 431 g/mol. The number of alkyl halides is 2. The first-order chi connectivity index (χ1) is 15.8. The molecule has 1 atom stereocenters. The van der Waals surface area contributed by atoms with Gasteiger partial charge in [-0.05, 0) is 25.8 Å². The van der Waals surface area contributed by atoms with Crippen LogP contribution in [0, 0.1) is 5.82 Å². The number of guanidine groups is 1. The number of amidine groups is 1. The Morgan fingerprint density at radius 3 is 2.79 bits per heavy atom. The lowest BCUT2D eigenvalue weighted by Gasteiger charge is -2.30. The smallest absolute Gasteiger partial charge is 0.273 e. The summed E-state index contributed by atoms with van der Waals surface area (Å²) >= 11 is 0. The van der Waals surface area contributed by atoms with Crippen LogP contribution in [0.15, 0.2) is 40.4 Å². The summed E-state index contributed by atoms with van der Waals surface area (Å²) < 4.78 is 48.2. The topological polar surface area (TPSA) is 62.1 Å². The van der Waals surface area contributed by atoms with Crippen molar-refractivity contribution in [1.29, 1.82) is 0 Å². The lowest BCUT2D eigenvalue weighted by Crippen LogP contribution is -2.39. The van der Waals surface area contributed by atoms with Crippen molar-refractivity contribution in [2.45, 2.75) is 44.6 Å². The largest absolute Gasteiger partial charge is 0.381 e. The number of aliphatic imine (C=N–C) groups is 2. The molecule has 0 spiro atoms. The summed E-state index contributed by atoms with van der Waals surface area (Å²) in [6.45, 7) is 5.20. The van der Waals surface area contributed by atoms with Gasteiger partial charge in [0.15, 0.2) is 0 Å². The molecule has 1 N–H and O–H groups in total. The lowest BCUT2D eigenvalue weighted by atomic mass is 9.94. The Balaban J connectivity index is 1.50. The normalized spacial score (nSPS) is 19.5. The number of aromatic nitrogens is 1. The van der Waals surface area contributed by atoms with Crippen LogP contribution in [0.5, 0.6) is 0 Å². The number of fused-ring (bicyclic) bond motifs is 3. The minimum atomic E-state index is -3.27. The Labute approximate surface area is 190 Å². The summed E-state index contributed by atoms with van der Waals surface area (Å²) in [5.74, 6) is -2.75. The van der Waals surface area contributed by atoms with Crippen molar-refractivity contribution >= 4 is 17.5 Å². The fourth-order valence-corrected chi connectivity index (χ4v) is 4.62. The summed E-state index contributed by atoms with van der Waals surface area (Å²) in [6, 6.07) is 5.54. The van der Waals surface area contributed by atoms with Gasteiger partial charge in [-0.15, -0.1) is 0 Å². The molecule has 174 valence electrons. The van der Waals surface area contributed by atoms with Crippen molar-refractivity contribution in [1.82, 2.24) is 10.3 Å². The minimum Gasteiger partial charge on any atom is -0.381 e. The molecule has 1 aromatic carbocycles. The predicted molar refractivity (Wildman–Crippen MR) is 121 cm³/mol. The van der Waals surface area contributed by atoms with E-state index in [1.54, 1.807) is 6.92 Å². The van der Waals surface area contributed by atoms with Crippen molar-refractivity contribution in [3.63, 3.8) is 0 Å². The van der Waals surface area contributed by atoms with E-state index in [9.17, 15) is 13.2 Å². The van der Waals surface area contributed by atoms with E-state index in [0.29, 0.717) is 44.4 Å². The average molecular weight is 458 g/mol. The highest BCUT2D eigenvalue weighted by molar-refractivity contribution is 6.18. The Morgan fingerprint density at radius 1 is 1.24 bits per heavy atom. The van der Waals surface area contributed by atoms with Crippen molar-refractivity contribution < 1.29 is 17.9 Å². The minimum absolute atomic E-state index is 0.160. The van der Waals surface area contributed by atoms with E-state index in [2.05, 4.69) is 10.3 Å². The number of nitrogens with zero attached hydrogens (tertiary/aromatic N) is 4. The number of hydrogen-bond acceptors (Lipinski definition) is 6. The van der Waals surface area contributed by atoms with E-state index < -0.39 is 23.3 Å². The Morgan fingerprint density at radius 2 is 2.03 bits per heavy atom. The molecule has 0 aliphatic carbocycles. The van der Waals surface area contributed by atoms with Crippen LogP contribution in [0.1, 0.15) is 61.0 Å². The summed E-state index contributed by atoms with van der Waals surface area (Å²) in [4.78, 5) is 15.9. The van der Waals surface area contributed by atoms with E-state index in [0.717, 1.165) is 42.4 Å². The quantitative estimate of drug-likeness (QED) is 0.734. The van der Waals surface area contributed by atoms with Gasteiger partial charge in [-0.2, -0.15) is 4.99 Å². The number of rotatable bonds is 4. The Kier molecular flexibility index (Phi) is 5.60. The van der Waals surface area contributed by atoms with Gasteiger partial charge in [0, 0.05) is 49.4 Å². The molecule has 0 radical (unpaired) electrons. The Bertz CT molecular complexity index is 1120. The number of benzene rings is 1. The number of nitrogens with one attached hydrogen (secondary N) is 1. The van der Waals surface area contributed by atoms with Crippen LogP contribution in [-0.2, 0) is 10.7 Å². The summed E-state index contributed by atoms with van der Waals surface area (Å²) in [6.07, 6.45) is 3.66. The average Bonchev–Trinajstić information content (AvgIpc) is 3.27. The highest BCUT2D eigenvalue weighted by Gasteiger charge is 2.33. The molecule has 2 aromatic rings. The molecule has 3 aliphatic heterocycles. The van der Waals surface area contributed by atoms with Crippen LogP contribution >= 0.6 is 0 Å². The molecule has 9 heteroatoms. The SMILES string of the molecule is C[C@@H](NC1=NC2=NCCN2c2cnc(C3CCOCC3)cc21)c1cccc(C(C)(F)F)c1F. The van der Waals surface area contributed by atoms with Gasteiger partial charge in [0.2, 0.25) is 5.96 Å². The van der Waals surface area contributed by atoms with Gasteiger partial charge >= 0.3 is 0 Å². The van der Waals surface area contributed by atoms with Crippen LogP contribution in [0.4, 0.5) is 18.9 Å². The van der Waals surface area contributed by atoms with Gasteiger partial charge in [0.05, 0.1) is 30.0 Å². The van der Waals surface area contributed by atoms with Gasteiger partial charge < -0.3 is 15.0 Å². The monoisotopic (exact) mass is 457 g/mol. The van der Waals surface area contributed by atoms with Gasteiger partial charge in [0.1, 0.15) is 11.7 Å². The Hall–Kier alpha value is -2.94. The molecule has 4 heterocycles. The maximum atomic E-state index is 15.0. The van der Waals surface area contributed by atoms with Crippen LogP contribution < -0.4 is 10.2 Å². The van der Waals surface area contributed by atoms with Crippen molar-refractivity contribution in [3.8, 4) is 0 Å². The number of anilines is 1. The zero-order chi connectivity index (χ0) is 23.2. The van der Waals surface area contributed by atoms with Gasteiger partial charge in [-0.3, -0.25) is 4.98 Å². The molecule has 1 fully saturated rings. The second-order valence-electron chi connectivity index (χ2n) is 8.77. The molecule has 1 aromatic heterocycles. The number of halogens is 3. The third-order valence-corrected chi connectivity index (χ3v) is 6.44. The number of pyridine rings is 1. The van der Waals surface area contributed by atoms with Gasteiger partial charge in [0.25, 0.3) is 5.92 Å². The maximum absolute atomic E-state index is 15.0. The van der Waals surface area contributed by atoms with E-state index >= 15 is 0 Å². The molecule has 0 bridgehead atoms. The zero-order valence-corrected chi connectivity index (χ0v) is 18.6. The first kappa shape index (κ1) is 21.9. The molecular formula is C24H26F3N5O. The van der Waals surface area contributed by atoms with E-state index in [4.69, 9.17) is 14.7 Å². The second kappa shape index (κ2) is 8.44. The van der Waals surface area contributed by atoms with Crippen molar-refractivity contribution in [2.75, 3.05) is 31.2 Å². The summed E-state index contributed by atoms with van der Waals surface area (Å²) in [7, 11) is 0. The standard InChI is InChI=1S/C24H26F3N5O/c1-14(16-4-3-5-18(21(16)25)24(2,26)27)30-22-17-12-19(15-6-10-33-11-7-15)29-13-20(17)32-9-8-28-23(32)31-22/h3-5,12-15H,6-11H2,1-2H3,(H,28,30,31)/t14-/m1/s1. The van der Waals surface area contributed by atoms with E-state index in [1.165, 1.54) is 12.1 Å². The molecule has 0 unspecified atom stereocenters. The number of ether oxygens (including phenoxy) is 1. The molecule has 0 amide bonds. The second-order valence-corrected chi connectivity index (χ2v) is 8.77. The molecule has 3 aliphatic rings. The summed E-state index contributed by atoms with van der Waals surface area (Å²) in [5.41, 5.74) is 2.26. The maximum Gasteiger partial charge on any atom is 0.273 e. The third-order valence-electron chi connectivity index (χ3n) is 6.44. The highest BCUT2D eigenvalue weighted by atomic mass is 19.3. The lowest BCUT2D eigenvalue weighted by molar-refractivity contribution is 0.0135. The van der Waals surface area contributed by atoms with E-state index in [-0.39, 0.29) is 5.56 Å². The highest BCUT2D eigenvalue weighted by Crippen LogP contribution is 2.35. The molecule has 0 saturated carbocycles. The zero-order valence-electron chi connectivity index (χ0n) is 18.6. The van der Waals surface area contributed by atoms with E-state index in [1.807, 2.05) is 17.2 Å². The van der Waals surface area contributed by atoms with Crippen molar-refractivity contribution in [2.24, 2.45) is 9.98 Å². The predicted octanol–water partition coefficient (Wildman–Crippen LogP) is 4.51. The fraction of sp³-hybridized carbons (Fsp3) is 0.458. The summed E-state index contributed by atoms with van der Waals surface area (Å²) in [5, 5.41) is 3.26. The van der Waals surface area contributed by atoms with Gasteiger partial charge in [-0.25, -0.2) is 18.2 Å². The van der Waals surface area contributed by atoms with Gasteiger partial charge in [-0.1, -0.05) is 18.2 Å². The van der Waals surface area contributed by atoms with Crippen LogP contribution in [-0.4, -0.2) is 43.1 Å². The fourth-order valence-electron chi connectivity index (χ4n) is 4.62. The molecule has 5 rings (SSSR count). The first-order valence-corrected chi connectivity index (χ1v) is 11.2. The van der Waals surface area contributed by atoms with Crippen LogP contribution in [0.2, 0.25) is 0 Å². The number of hydrogen-bond donors (Lipinski definition) is 1. The first-order valence-electron chi connectivity index (χ1n) is 11.2. The van der Waals surface area contributed by atoms with Crippen LogP contribution in [0.25, 0.3) is 0 Å². The van der Waals surface area contributed by atoms with Crippen LogP contribution in [0.3, 0.4) is 0 Å². The molecule has 6 nitrogen and oxygen atoms in total.